The number of carbonyl (C=O) groups excluding carboxylic acids is 1. The zero-order valence-corrected chi connectivity index (χ0v) is 12.1. The summed E-state index contributed by atoms with van der Waals surface area (Å²) in [5.41, 5.74) is 1.50. The maximum Gasteiger partial charge on any atom is 0.183 e. The van der Waals surface area contributed by atoms with Gasteiger partial charge in [-0.25, -0.2) is 0 Å². The molecule has 2 rings (SSSR count). The zero-order chi connectivity index (χ0) is 14.4. The Morgan fingerprint density at radius 3 is 2.50 bits per heavy atom. The van der Waals surface area contributed by atoms with Crippen LogP contribution in [-0.2, 0) is 5.75 Å². The van der Waals surface area contributed by atoms with Crippen molar-refractivity contribution in [2.75, 3.05) is 14.2 Å². The minimum absolute atomic E-state index is 0.659. The molecule has 104 valence electrons. The molecule has 0 bridgehead atoms. The predicted octanol–water partition coefficient (Wildman–Crippen LogP) is 3.20. The van der Waals surface area contributed by atoms with Crippen LogP contribution < -0.4 is 9.47 Å². The smallest absolute Gasteiger partial charge is 0.183 e. The van der Waals surface area contributed by atoms with Crippen LogP contribution >= 0.6 is 11.8 Å². The molecular formula is C15H15NO3S. The van der Waals surface area contributed by atoms with Crippen molar-refractivity contribution in [1.82, 2.24) is 4.98 Å². The lowest BCUT2D eigenvalue weighted by molar-refractivity contribution is 0.112. The van der Waals surface area contributed by atoms with E-state index in [9.17, 15) is 4.79 Å². The Morgan fingerprint density at radius 1 is 1.15 bits per heavy atom. The van der Waals surface area contributed by atoms with Crippen molar-refractivity contribution >= 4 is 18.0 Å². The molecule has 1 aromatic carbocycles. The zero-order valence-electron chi connectivity index (χ0n) is 11.3. The van der Waals surface area contributed by atoms with E-state index < -0.39 is 0 Å². The number of pyridine rings is 1. The fourth-order valence-electron chi connectivity index (χ4n) is 1.75. The second kappa shape index (κ2) is 6.96. The van der Waals surface area contributed by atoms with Gasteiger partial charge in [-0.05, 0) is 12.1 Å². The Hall–Kier alpha value is -2.01. The molecule has 0 aliphatic carbocycles. The summed E-state index contributed by atoms with van der Waals surface area (Å²) in [5.74, 6) is 2.00. The SMILES string of the molecule is COc1ccnc(CSc2ccc(C=O)cc2)c1OC. The molecule has 5 heteroatoms. The number of aromatic nitrogens is 1. The molecule has 20 heavy (non-hydrogen) atoms. The molecule has 0 unspecified atom stereocenters. The van der Waals surface area contributed by atoms with Crippen molar-refractivity contribution in [1.29, 1.82) is 0 Å². The summed E-state index contributed by atoms with van der Waals surface area (Å²) in [6, 6.07) is 9.20. The Labute approximate surface area is 122 Å². The molecule has 1 aromatic heterocycles. The first-order valence-corrected chi connectivity index (χ1v) is 7.01. The highest BCUT2D eigenvalue weighted by Crippen LogP contribution is 2.33. The molecule has 2 aromatic rings. The van der Waals surface area contributed by atoms with Gasteiger partial charge in [0.2, 0.25) is 0 Å². The number of thioether (sulfide) groups is 1. The van der Waals surface area contributed by atoms with Crippen LogP contribution in [0.25, 0.3) is 0 Å². The lowest BCUT2D eigenvalue weighted by atomic mass is 10.2. The molecule has 0 N–H and O–H groups in total. The van der Waals surface area contributed by atoms with Gasteiger partial charge >= 0.3 is 0 Å². The van der Waals surface area contributed by atoms with E-state index in [1.54, 1.807) is 50.4 Å². The minimum atomic E-state index is 0.659. The summed E-state index contributed by atoms with van der Waals surface area (Å²) in [6.07, 6.45) is 2.54. The fourth-order valence-corrected chi connectivity index (χ4v) is 2.59. The summed E-state index contributed by atoms with van der Waals surface area (Å²) in [7, 11) is 3.21. The number of methoxy groups -OCH3 is 2. The molecule has 0 aliphatic heterocycles. The topological polar surface area (TPSA) is 48.4 Å². The fraction of sp³-hybridized carbons (Fsp3) is 0.200. The van der Waals surface area contributed by atoms with E-state index in [0.717, 1.165) is 16.9 Å². The van der Waals surface area contributed by atoms with Crippen molar-refractivity contribution < 1.29 is 14.3 Å². The third-order valence-electron chi connectivity index (χ3n) is 2.76. The van der Waals surface area contributed by atoms with E-state index in [0.29, 0.717) is 22.8 Å². The third kappa shape index (κ3) is 3.30. The standard InChI is InChI=1S/C15H15NO3S/c1-18-14-7-8-16-13(15(14)19-2)10-20-12-5-3-11(9-17)4-6-12/h3-9H,10H2,1-2H3. The second-order valence-corrected chi connectivity index (χ2v) is 5.02. The summed E-state index contributed by atoms with van der Waals surface area (Å²) in [5, 5.41) is 0. The molecule has 0 saturated heterocycles. The molecule has 4 nitrogen and oxygen atoms in total. The largest absolute Gasteiger partial charge is 0.493 e. The van der Waals surface area contributed by atoms with Crippen LogP contribution in [0.5, 0.6) is 11.5 Å². The number of benzene rings is 1. The molecular weight excluding hydrogens is 274 g/mol. The second-order valence-electron chi connectivity index (χ2n) is 3.97. The first-order chi connectivity index (χ1) is 9.78. The van der Waals surface area contributed by atoms with Crippen molar-refractivity contribution in [3.8, 4) is 11.5 Å². The van der Waals surface area contributed by atoms with Crippen LogP contribution in [0.2, 0.25) is 0 Å². The van der Waals surface area contributed by atoms with Gasteiger partial charge < -0.3 is 9.47 Å². The van der Waals surface area contributed by atoms with Crippen LogP contribution in [0.1, 0.15) is 16.1 Å². The van der Waals surface area contributed by atoms with Crippen molar-refractivity contribution in [2.24, 2.45) is 0 Å². The molecule has 0 radical (unpaired) electrons. The van der Waals surface area contributed by atoms with Crippen molar-refractivity contribution in [3.05, 3.63) is 47.8 Å². The number of rotatable bonds is 6. The number of aldehydes is 1. The van der Waals surface area contributed by atoms with Gasteiger partial charge in [0.25, 0.3) is 0 Å². The number of hydrogen-bond donors (Lipinski definition) is 0. The normalized spacial score (nSPS) is 10.1. The van der Waals surface area contributed by atoms with E-state index >= 15 is 0 Å². The first-order valence-electron chi connectivity index (χ1n) is 6.02. The third-order valence-corrected chi connectivity index (χ3v) is 3.78. The summed E-state index contributed by atoms with van der Waals surface area (Å²) >= 11 is 1.63. The Kier molecular flexibility index (Phi) is 5.01. The highest BCUT2D eigenvalue weighted by molar-refractivity contribution is 7.98. The van der Waals surface area contributed by atoms with Crippen LogP contribution in [0, 0.1) is 0 Å². The average Bonchev–Trinajstić information content (AvgIpc) is 2.52. The average molecular weight is 289 g/mol. The van der Waals surface area contributed by atoms with E-state index in [2.05, 4.69) is 4.98 Å². The van der Waals surface area contributed by atoms with Gasteiger partial charge in [-0.1, -0.05) is 12.1 Å². The van der Waals surface area contributed by atoms with E-state index in [4.69, 9.17) is 9.47 Å². The molecule has 0 saturated carbocycles. The van der Waals surface area contributed by atoms with Crippen LogP contribution in [0.15, 0.2) is 41.4 Å². The lowest BCUT2D eigenvalue weighted by Crippen LogP contribution is -1.97. The van der Waals surface area contributed by atoms with E-state index in [1.165, 1.54) is 0 Å². The number of carbonyl (C=O) groups is 1. The number of hydrogen-bond acceptors (Lipinski definition) is 5. The van der Waals surface area contributed by atoms with Crippen LogP contribution in [0.3, 0.4) is 0 Å². The molecule has 0 amide bonds. The molecule has 0 spiro atoms. The van der Waals surface area contributed by atoms with Crippen molar-refractivity contribution in [3.63, 3.8) is 0 Å². The van der Waals surface area contributed by atoms with Gasteiger partial charge in [0, 0.05) is 28.5 Å². The van der Waals surface area contributed by atoms with Crippen LogP contribution in [-0.4, -0.2) is 25.5 Å². The minimum Gasteiger partial charge on any atom is -0.493 e. The van der Waals surface area contributed by atoms with Gasteiger partial charge in [-0.15, -0.1) is 11.8 Å². The van der Waals surface area contributed by atoms with Gasteiger partial charge in [-0.2, -0.15) is 0 Å². The molecule has 0 fully saturated rings. The Morgan fingerprint density at radius 2 is 1.90 bits per heavy atom. The first kappa shape index (κ1) is 14.4. The Balaban J connectivity index is 2.11. The molecule has 1 heterocycles. The molecule has 0 aliphatic rings. The van der Waals surface area contributed by atoms with Gasteiger partial charge in [0.05, 0.1) is 19.9 Å². The summed E-state index contributed by atoms with van der Waals surface area (Å²) < 4.78 is 10.6. The maximum absolute atomic E-state index is 10.6. The maximum atomic E-state index is 10.6. The highest BCUT2D eigenvalue weighted by Gasteiger charge is 2.11. The Bertz CT molecular complexity index is 584. The highest BCUT2D eigenvalue weighted by atomic mass is 32.2. The monoisotopic (exact) mass is 289 g/mol. The van der Waals surface area contributed by atoms with Crippen molar-refractivity contribution in [2.45, 2.75) is 10.6 Å². The lowest BCUT2D eigenvalue weighted by Gasteiger charge is -2.11. The number of nitrogens with zero attached hydrogens (tertiary/aromatic N) is 1. The predicted molar refractivity (Wildman–Crippen MR) is 78.7 cm³/mol. The van der Waals surface area contributed by atoms with Gasteiger partial charge in [0.15, 0.2) is 11.5 Å². The van der Waals surface area contributed by atoms with E-state index in [-0.39, 0.29) is 0 Å². The van der Waals surface area contributed by atoms with Gasteiger partial charge in [-0.3, -0.25) is 9.78 Å². The van der Waals surface area contributed by atoms with Gasteiger partial charge in [0.1, 0.15) is 6.29 Å². The summed E-state index contributed by atoms with van der Waals surface area (Å²) in [4.78, 5) is 16.0. The molecule has 0 atom stereocenters. The van der Waals surface area contributed by atoms with Crippen LogP contribution in [0.4, 0.5) is 0 Å². The quantitative estimate of drug-likeness (QED) is 0.603. The van der Waals surface area contributed by atoms with E-state index in [1.807, 2.05) is 12.1 Å². The summed E-state index contributed by atoms with van der Waals surface area (Å²) in [6.45, 7) is 0. The number of ether oxygens (including phenoxy) is 2.